The minimum absolute atomic E-state index is 0. The number of hydrogen-bond donors (Lipinski definition) is 1. The minimum atomic E-state index is -0.0411. The molecule has 0 aliphatic rings. The molecule has 94 valence electrons. The summed E-state index contributed by atoms with van der Waals surface area (Å²) in [5.41, 5.74) is 2.16. The molecule has 1 N–H and O–H groups in total. The summed E-state index contributed by atoms with van der Waals surface area (Å²) in [6, 6.07) is 13.8. The average molecular weight is 242 g/mol. The van der Waals surface area contributed by atoms with Gasteiger partial charge in [0.05, 0.1) is 0 Å². The molecule has 0 fully saturated rings. The maximum Gasteiger partial charge on any atom is 0.228 e. The number of hydrogen-bond acceptors (Lipinski definition) is 2. The quantitative estimate of drug-likeness (QED) is 0.893. The lowest BCUT2D eigenvalue weighted by atomic mass is 10.1. The van der Waals surface area contributed by atoms with E-state index in [4.69, 9.17) is 0 Å². The molecule has 2 aromatic rings. The Morgan fingerprint density at radius 3 is 2.39 bits per heavy atom. The first-order chi connectivity index (χ1) is 8.66. The van der Waals surface area contributed by atoms with Crippen LogP contribution in [0.2, 0.25) is 0 Å². The van der Waals surface area contributed by atoms with Gasteiger partial charge in [-0.05, 0) is 17.7 Å². The number of pyridine rings is 1. The summed E-state index contributed by atoms with van der Waals surface area (Å²) >= 11 is 0. The summed E-state index contributed by atoms with van der Waals surface area (Å²) in [4.78, 5) is 15.8. The molecule has 0 spiro atoms. The summed E-state index contributed by atoms with van der Waals surface area (Å²) in [5.74, 6) is 0.531. The number of carbonyl (C=O) groups excluding carboxylic acids is 1. The Kier molecular flexibility index (Phi) is 3.72. The van der Waals surface area contributed by atoms with Crippen molar-refractivity contribution in [1.82, 2.24) is 4.98 Å². The van der Waals surface area contributed by atoms with Gasteiger partial charge in [-0.25, -0.2) is 4.98 Å². The van der Waals surface area contributed by atoms with E-state index in [9.17, 15) is 4.79 Å². The van der Waals surface area contributed by atoms with E-state index in [2.05, 4.69) is 10.3 Å². The maximum absolute atomic E-state index is 11.5. The Bertz CT molecular complexity index is 524. The Balaban J connectivity index is 0.00000180. The zero-order chi connectivity index (χ0) is 13.0. The molecule has 0 bridgehead atoms. The summed E-state index contributed by atoms with van der Waals surface area (Å²) in [5, 5.41) is 2.77. The number of aromatic nitrogens is 1. The van der Waals surface area contributed by atoms with Crippen LogP contribution in [0.5, 0.6) is 0 Å². The molecule has 1 amide bonds. The fraction of sp³-hybridized carbons (Fsp3) is 0.200. The van der Waals surface area contributed by atoms with Gasteiger partial charge >= 0.3 is 0 Å². The molecule has 1 heterocycles. The normalized spacial score (nSPS) is 10.4. The van der Waals surface area contributed by atoms with Gasteiger partial charge in [0.25, 0.3) is 0 Å². The first-order valence-electron chi connectivity index (χ1n) is 5.99. The SMILES string of the molecule is CC(C)C(=O)Nc1ccc(-c2ccccc2)cn1.[HH]. The molecule has 0 atom stereocenters. The standard InChI is InChI=1S/C15H16N2O.H2/c1-11(2)15(18)17-14-9-8-13(10-16-14)12-6-4-3-5-7-12;/h3-11H,1-2H3,(H,16,17,18);1H. The van der Waals surface area contributed by atoms with Crippen molar-refractivity contribution >= 4 is 11.7 Å². The lowest BCUT2D eigenvalue weighted by molar-refractivity contribution is -0.118. The van der Waals surface area contributed by atoms with Gasteiger partial charge in [0.15, 0.2) is 0 Å². The van der Waals surface area contributed by atoms with Crippen molar-refractivity contribution < 1.29 is 6.22 Å². The van der Waals surface area contributed by atoms with Crippen molar-refractivity contribution in [3.63, 3.8) is 0 Å². The van der Waals surface area contributed by atoms with Gasteiger partial charge in [-0.2, -0.15) is 0 Å². The van der Waals surface area contributed by atoms with E-state index in [0.717, 1.165) is 11.1 Å². The van der Waals surface area contributed by atoms with E-state index < -0.39 is 0 Å². The summed E-state index contributed by atoms with van der Waals surface area (Å²) in [7, 11) is 0. The maximum atomic E-state index is 11.5. The van der Waals surface area contributed by atoms with Gasteiger partial charge < -0.3 is 5.32 Å². The minimum Gasteiger partial charge on any atom is -0.310 e. The number of amides is 1. The number of nitrogens with zero attached hydrogens (tertiary/aromatic N) is 1. The van der Waals surface area contributed by atoms with Crippen molar-refractivity contribution in [2.75, 3.05) is 5.32 Å². The van der Waals surface area contributed by atoms with Crippen molar-refractivity contribution in [2.45, 2.75) is 13.8 Å². The van der Waals surface area contributed by atoms with Crippen LogP contribution in [0, 0.1) is 5.92 Å². The van der Waals surface area contributed by atoms with Crippen LogP contribution >= 0.6 is 0 Å². The number of benzene rings is 1. The molecular weight excluding hydrogens is 224 g/mol. The third-order valence-corrected chi connectivity index (χ3v) is 2.65. The molecule has 1 aromatic heterocycles. The second-order valence-corrected chi connectivity index (χ2v) is 4.44. The van der Waals surface area contributed by atoms with Crippen LogP contribution in [0.3, 0.4) is 0 Å². The topological polar surface area (TPSA) is 42.0 Å². The van der Waals surface area contributed by atoms with Gasteiger partial charge in [0, 0.05) is 19.1 Å². The van der Waals surface area contributed by atoms with Crippen LogP contribution in [0.4, 0.5) is 5.82 Å². The fourth-order valence-electron chi connectivity index (χ4n) is 1.54. The highest BCUT2D eigenvalue weighted by atomic mass is 16.1. The second-order valence-electron chi connectivity index (χ2n) is 4.44. The van der Waals surface area contributed by atoms with E-state index >= 15 is 0 Å². The molecule has 0 saturated heterocycles. The predicted molar refractivity (Wildman–Crippen MR) is 75.3 cm³/mol. The number of carbonyl (C=O) groups is 1. The average Bonchev–Trinajstić information content (AvgIpc) is 2.40. The number of anilines is 1. The Morgan fingerprint density at radius 1 is 1.11 bits per heavy atom. The molecule has 3 heteroatoms. The van der Waals surface area contributed by atoms with Crippen LogP contribution in [0.15, 0.2) is 48.7 Å². The largest absolute Gasteiger partial charge is 0.310 e. The van der Waals surface area contributed by atoms with Gasteiger partial charge in [0.2, 0.25) is 5.91 Å². The highest BCUT2D eigenvalue weighted by molar-refractivity contribution is 5.91. The summed E-state index contributed by atoms with van der Waals surface area (Å²) in [6.07, 6.45) is 1.77. The third kappa shape index (κ3) is 2.94. The molecule has 0 unspecified atom stereocenters. The van der Waals surface area contributed by atoms with Gasteiger partial charge in [-0.15, -0.1) is 0 Å². The van der Waals surface area contributed by atoms with Gasteiger partial charge in [0.1, 0.15) is 5.82 Å². The predicted octanol–water partition coefficient (Wildman–Crippen LogP) is 3.59. The highest BCUT2D eigenvalue weighted by Crippen LogP contribution is 2.19. The fourth-order valence-corrected chi connectivity index (χ4v) is 1.54. The van der Waals surface area contributed by atoms with Gasteiger partial charge in [-0.1, -0.05) is 44.2 Å². The third-order valence-electron chi connectivity index (χ3n) is 2.65. The second kappa shape index (κ2) is 5.45. The Labute approximate surface area is 108 Å². The first-order valence-corrected chi connectivity index (χ1v) is 5.99. The molecule has 0 aliphatic carbocycles. The zero-order valence-corrected chi connectivity index (χ0v) is 10.6. The van der Waals surface area contributed by atoms with Crippen molar-refractivity contribution in [3.05, 3.63) is 48.7 Å². The van der Waals surface area contributed by atoms with Crippen LogP contribution in [0.25, 0.3) is 11.1 Å². The summed E-state index contributed by atoms with van der Waals surface area (Å²) < 4.78 is 0. The molecule has 0 saturated carbocycles. The van der Waals surface area contributed by atoms with E-state index in [-0.39, 0.29) is 13.3 Å². The molecule has 2 rings (SSSR count). The lowest BCUT2D eigenvalue weighted by Gasteiger charge is -2.07. The van der Waals surface area contributed by atoms with Crippen molar-refractivity contribution in [3.8, 4) is 11.1 Å². The monoisotopic (exact) mass is 242 g/mol. The highest BCUT2D eigenvalue weighted by Gasteiger charge is 2.07. The van der Waals surface area contributed by atoms with Crippen molar-refractivity contribution in [1.29, 1.82) is 0 Å². The van der Waals surface area contributed by atoms with Crippen molar-refractivity contribution in [2.24, 2.45) is 5.92 Å². The molecular formula is C15H18N2O. The van der Waals surface area contributed by atoms with E-state index in [1.807, 2.05) is 56.3 Å². The Morgan fingerprint density at radius 2 is 1.83 bits per heavy atom. The lowest BCUT2D eigenvalue weighted by Crippen LogP contribution is -2.18. The number of rotatable bonds is 3. The van der Waals surface area contributed by atoms with Crippen LogP contribution < -0.4 is 5.32 Å². The van der Waals surface area contributed by atoms with E-state index in [0.29, 0.717) is 5.82 Å². The Hall–Kier alpha value is -2.16. The smallest absolute Gasteiger partial charge is 0.228 e. The molecule has 18 heavy (non-hydrogen) atoms. The molecule has 0 radical (unpaired) electrons. The first kappa shape index (κ1) is 12.3. The van der Waals surface area contributed by atoms with Crippen LogP contribution in [0.1, 0.15) is 15.3 Å². The van der Waals surface area contributed by atoms with Crippen LogP contribution in [-0.4, -0.2) is 10.9 Å². The van der Waals surface area contributed by atoms with E-state index in [1.54, 1.807) is 6.20 Å². The zero-order valence-electron chi connectivity index (χ0n) is 10.6. The number of nitrogens with one attached hydrogen (secondary N) is 1. The van der Waals surface area contributed by atoms with E-state index in [1.165, 1.54) is 0 Å². The van der Waals surface area contributed by atoms with Gasteiger partial charge in [-0.3, -0.25) is 4.79 Å². The summed E-state index contributed by atoms with van der Waals surface area (Å²) in [6.45, 7) is 3.71. The van der Waals surface area contributed by atoms with Crippen LogP contribution in [-0.2, 0) is 4.79 Å². The molecule has 0 aliphatic heterocycles. The molecule has 3 nitrogen and oxygen atoms in total. The molecule has 1 aromatic carbocycles.